The first-order valence-electron chi connectivity index (χ1n) is 9.33. The number of benzene rings is 2. The van der Waals surface area contributed by atoms with E-state index in [1.165, 1.54) is 23.3 Å². The van der Waals surface area contributed by atoms with Gasteiger partial charge in [-0.15, -0.1) is 0 Å². The zero-order valence-corrected chi connectivity index (χ0v) is 15.5. The summed E-state index contributed by atoms with van der Waals surface area (Å²) in [6.45, 7) is 4.50. The molecule has 0 bridgehead atoms. The number of nitrogens with one attached hydrogen (secondary N) is 1. The quantitative estimate of drug-likeness (QED) is 0.741. The third-order valence-electron chi connectivity index (χ3n) is 4.89. The number of hydrogen-bond donors (Lipinski definition) is 1. The van der Waals surface area contributed by atoms with Gasteiger partial charge in [0.2, 0.25) is 5.95 Å². The van der Waals surface area contributed by atoms with Crippen molar-refractivity contribution in [3.63, 3.8) is 0 Å². The molecule has 27 heavy (non-hydrogen) atoms. The number of aromatic nitrogens is 2. The van der Waals surface area contributed by atoms with Crippen molar-refractivity contribution < 1.29 is 4.39 Å². The Morgan fingerprint density at radius 1 is 1.04 bits per heavy atom. The topological polar surface area (TPSA) is 41.1 Å². The molecule has 3 aromatic rings. The van der Waals surface area contributed by atoms with Gasteiger partial charge in [-0.05, 0) is 48.6 Å². The highest BCUT2D eigenvalue weighted by molar-refractivity contribution is 5.46. The van der Waals surface area contributed by atoms with E-state index in [-0.39, 0.29) is 5.82 Å². The normalized spacial score (nSPS) is 13.3. The van der Waals surface area contributed by atoms with Gasteiger partial charge in [-0.2, -0.15) is 4.98 Å². The minimum atomic E-state index is -0.203. The average molecular weight is 362 g/mol. The molecule has 2 aromatic carbocycles. The Morgan fingerprint density at radius 3 is 2.63 bits per heavy atom. The molecule has 0 aliphatic carbocycles. The Morgan fingerprint density at radius 2 is 1.81 bits per heavy atom. The van der Waals surface area contributed by atoms with Crippen molar-refractivity contribution in [3.05, 3.63) is 82.8 Å². The van der Waals surface area contributed by atoms with E-state index >= 15 is 0 Å². The van der Waals surface area contributed by atoms with Crippen LogP contribution in [0.4, 0.5) is 16.2 Å². The molecule has 2 heterocycles. The Bertz CT molecular complexity index is 924. The largest absolute Gasteiger partial charge is 0.370 e. The molecule has 0 unspecified atom stereocenters. The second-order valence-corrected chi connectivity index (χ2v) is 6.94. The number of anilines is 2. The van der Waals surface area contributed by atoms with Crippen LogP contribution in [0.5, 0.6) is 0 Å². The van der Waals surface area contributed by atoms with Gasteiger partial charge in [-0.1, -0.05) is 36.4 Å². The fourth-order valence-corrected chi connectivity index (χ4v) is 3.44. The highest BCUT2D eigenvalue weighted by atomic mass is 19.1. The van der Waals surface area contributed by atoms with Crippen LogP contribution in [0.3, 0.4) is 0 Å². The van der Waals surface area contributed by atoms with Crippen molar-refractivity contribution in [2.75, 3.05) is 23.3 Å². The van der Waals surface area contributed by atoms with Gasteiger partial charge in [0.05, 0.1) is 0 Å². The SMILES string of the molecule is Cc1cc(NCCc2ccc(F)cc2)nc(N2CCc3ccccc3C2)n1. The average Bonchev–Trinajstić information content (AvgIpc) is 2.69. The van der Waals surface area contributed by atoms with Crippen LogP contribution in [0.1, 0.15) is 22.4 Å². The second-order valence-electron chi connectivity index (χ2n) is 6.94. The number of halogens is 1. The van der Waals surface area contributed by atoms with Gasteiger partial charge in [-0.25, -0.2) is 9.37 Å². The molecular weight excluding hydrogens is 339 g/mol. The lowest BCUT2D eigenvalue weighted by molar-refractivity contribution is 0.627. The Balaban J connectivity index is 1.43. The molecule has 0 saturated carbocycles. The first kappa shape index (κ1) is 17.5. The predicted molar refractivity (Wildman–Crippen MR) is 107 cm³/mol. The molecule has 4 nitrogen and oxygen atoms in total. The fourth-order valence-electron chi connectivity index (χ4n) is 3.44. The summed E-state index contributed by atoms with van der Waals surface area (Å²) < 4.78 is 13.0. The van der Waals surface area contributed by atoms with Gasteiger partial charge < -0.3 is 10.2 Å². The maximum absolute atomic E-state index is 13.0. The summed E-state index contributed by atoms with van der Waals surface area (Å²) in [5.41, 5.74) is 4.81. The molecule has 0 fully saturated rings. The third-order valence-corrected chi connectivity index (χ3v) is 4.89. The van der Waals surface area contributed by atoms with E-state index in [0.29, 0.717) is 0 Å². The van der Waals surface area contributed by atoms with E-state index < -0.39 is 0 Å². The van der Waals surface area contributed by atoms with Gasteiger partial charge in [0.25, 0.3) is 0 Å². The summed E-state index contributed by atoms with van der Waals surface area (Å²) in [6.07, 6.45) is 1.83. The number of hydrogen-bond acceptors (Lipinski definition) is 4. The maximum atomic E-state index is 13.0. The Hall–Kier alpha value is -2.95. The van der Waals surface area contributed by atoms with Crippen LogP contribution in [0.15, 0.2) is 54.6 Å². The van der Waals surface area contributed by atoms with Crippen LogP contribution < -0.4 is 10.2 Å². The van der Waals surface area contributed by atoms with Crippen LogP contribution in [0.25, 0.3) is 0 Å². The lowest BCUT2D eigenvalue weighted by Crippen LogP contribution is -2.32. The Kier molecular flexibility index (Phi) is 5.01. The molecule has 0 atom stereocenters. The molecule has 4 rings (SSSR count). The monoisotopic (exact) mass is 362 g/mol. The highest BCUT2D eigenvalue weighted by Crippen LogP contribution is 2.23. The van der Waals surface area contributed by atoms with Gasteiger partial charge in [0.15, 0.2) is 0 Å². The molecule has 138 valence electrons. The predicted octanol–water partition coefficient (Wildman–Crippen LogP) is 4.14. The van der Waals surface area contributed by atoms with Gasteiger partial charge >= 0.3 is 0 Å². The summed E-state index contributed by atoms with van der Waals surface area (Å²) in [7, 11) is 0. The Labute approximate surface area is 159 Å². The molecule has 0 spiro atoms. The van der Waals surface area contributed by atoms with Crippen LogP contribution in [0, 0.1) is 12.7 Å². The molecule has 5 heteroatoms. The van der Waals surface area contributed by atoms with Crippen LogP contribution in [-0.2, 0) is 19.4 Å². The summed E-state index contributed by atoms with van der Waals surface area (Å²) in [6, 6.07) is 17.2. The smallest absolute Gasteiger partial charge is 0.227 e. The van der Waals surface area contributed by atoms with E-state index in [2.05, 4.69) is 39.5 Å². The van der Waals surface area contributed by atoms with Crippen LogP contribution in [0.2, 0.25) is 0 Å². The van der Waals surface area contributed by atoms with Crippen molar-refractivity contribution in [1.82, 2.24) is 9.97 Å². The van der Waals surface area contributed by atoms with Crippen LogP contribution >= 0.6 is 0 Å². The standard InChI is InChI=1S/C22H23FN4/c1-16-14-21(24-12-10-17-6-8-20(23)9-7-17)26-22(25-16)27-13-11-18-4-2-3-5-19(18)15-27/h2-9,14H,10-13,15H2,1H3,(H,24,25,26). The van der Waals surface area contributed by atoms with Crippen LogP contribution in [-0.4, -0.2) is 23.1 Å². The summed E-state index contributed by atoms with van der Waals surface area (Å²) in [5.74, 6) is 1.40. The number of aryl methyl sites for hydroxylation is 1. The molecular formula is C22H23FN4. The molecule has 0 saturated heterocycles. The molecule has 0 amide bonds. The molecule has 0 radical (unpaired) electrons. The lowest BCUT2D eigenvalue weighted by atomic mass is 10.0. The number of rotatable bonds is 5. The van der Waals surface area contributed by atoms with Crippen molar-refractivity contribution in [2.45, 2.75) is 26.3 Å². The molecule has 1 N–H and O–H groups in total. The zero-order valence-electron chi connectivity index (χ0n) is 15.5. The third kappa shape index (κ3) is 4.25. The minimum Gasteiger partial charge on any atom is -0.370 e. The van der Waals surface area contributed by atoms with Crippen molar-refractivity contribution >= 4 is 11.8 Å². The summed E-state index contributed by atoms with van der Waals surface area (Å²) in [5, 5.41) is 3.38. The first-order valence-corrected chi connectivity index (χ1v) is 9.33. The summed E-state index contributed by atoms with van der Waals surface area (Å²) >= 11 is 0. The van der Waals surface area contributed by atoms with Crippen molar-refractivity contribution in [1.29, 1.82) is 0 Å². The van der Waals surface area contributed by atoms with Gasteiger partial charge in [0, 0.05) is 31.4 Å². The zero-order chi connectivity index (χ0) is 18.6. The fraction of sp³-hybridized carbons (Fsp3) is 0.273. The number of nitrogens with zero attached hydrogens (tertiary/aromatic N) is 3. The van der Waals surface area contributed by atoms with Gasteiger partial charge in [-0.3, -0.25) is 0 Å². The van der Waals surface area contributed by atoms with E-state index in [0.717, 1.165) is 55.5 Å². The van der Waals surface area contributed by atoms with E-state index in [4.69, 9.17) is 4.98 Å². The lowest BCUT2D eigenvalue weighted by Gasteiger charge is -2.29. The van der Waals surface area contributed by atoms with Crippen molar-refractivity contribution in [2.24, 2.45) is 0 Å². The highest BCUT2D eigenvalue weighted by Gasteiger charge is 2.18. The first-order chi connectivity index (χ1) is 13.2. The molecule has 1 aromatic heterocycles. The van der Waals surface area contributed by atoms with Crippen molar-refractivity contribution in [3.8, 4) is 0 Å². The minimum absolute atomic E-state index is 0.203. The maximum Gasteiger partial charge on any atom is 0.227 e. The van der Waals surface area contributed by atoms with Gasteiger partial charge in [0.1, 0.15) is 11.6 Å². The van der Waals surface area contributed by atoms with E-state index in [1.54, 1.807) is 0 Å². The second kappa shape index (κ2) is 7.74. The summed E-state index contributed by atoms with van der Waals surface area (Å²) in [4.78, 5) is 11.6. The number of fused-ring (bicyclic) bond motifs is 1. The molecule has 1 aliphatic rings. The van der Waals surface area contributed by atoms with E-state index in [1.807, 2.05) is 25.1 Å². The molecule has 1 aliphatic heterocycles. The van der Waals surface area contributed by atoms with E-state index in [9.17, 15) is 4.39 Å².